The van der Waals surface area contributed by atoms with E-state index in [1.165, 1.54) is 51.5 Å². The van der Waals surface area contributed by atoms with Crippen LogP contribution in [0.2, 0.25) is 0 Å². The van der Waals surface area contributed by atoms with Gasteiger partial charge >= 0.3 is 0 Å². The molecule has 1 aliphatic carbocycles. The number of piperidine rings is 1. The highest BCUT2D eigenvalue weighted by atomic mass is 15.2. The molecule has 1 saturated carbocycles. The number of likely N-dealkylation sites (tertiary alicyclic amines) is 1. The van der Waals surface area contributed by atoms with Crippen LogP contribution in [0.25, 0.3) is 0 Å². The Kier molecular flexibility index (Phi) is 4.74. The Morgan fingerprint density at radius 3 is 2.50 bits per heavy atom. The monoisotopic (exact) mass is 272 g/mol. The number of rotatable bonds is 3. The molecule has 3 atom stereocenters. The molecule has 2 nitrogen and oxygen atoms in total. The smallest absolute Gasteiger partial charge is 0.0221 e. The fraction of sp³-hybridized carbons (Fsp3) is 0.667. The van der Waals surface area contributed by atoms with Crippen molar-refractivity contribution in [2.45, 2.75) is 62.9 Å². The molecule has 20 heavy (non-hydrogen) atoms. The summed E-state index contributed by atoms with van der Waals surface area (Å²) >= 11 is 0. The van der Waals surface area contributed by atoms with E-state index in [-0.39, 0.29) is 0 Å². The van der Waals surface area contributed by atoms with Crippen LogP contribution in [-0.4, -0.2) is 30.1 Å². The van der Waals surface area contributed by atoms with Crippen molar-refractivity contribution in [3.05, 3.63) is 35.9 Å². The molecule has 3 unspecified atom stereocenters. The molecular weight excluding hydrogens is 244 g/mol. The molecule has 1 aromatic rings. The lowest BCUT2D eigenvalue weighted by atomic mass is 9.78. The lowest BCUT2D eigenvalue weighted by Gasteiger charge is -2.46. The van der Waals surface area contributed by atoms with Gasteiger partial charge in [0, 0.05) is 18.6 Å². The topological polar surface area (TPSA) is 29.3 Å². The summed E-state index contributed by atoms with van der Waals surface area (Å²) < 4.78 is 0. The number of benzene rings is 1. The summed E-state index contributed by atoms with van der Waals surface area (Å²) in [7, 11) is 0. The predicted molar refractivity (Wildman–Crippen MR) is 84.8 cm³/mol. The summed E-state index contributed by atoms with van der Waals surface area (Å²) in [4.78, 5) is 2.76. The molecule has 1 aromatic carbocycles. The molecule has 1 heterocycles. The zero-order valence-electron chi connectivity index (χ0n) is 12.5. The highest BCUT2D eigenvalue weighted by Gasteiger charge is 2.35. The van der Waals surface area contributed by atoms with Gasteiger partial charge in [0.1, 0.15) is 0 Å². The number of hydrogen-bond acceptors (Lipinski definition) is 2. The Morgan fingerprint density at radius 1 is 0.950 bits per heavy atom. The second-order valence-corrected chi connectivity index (χ2v) is 6.49. The second-order valence-electron chi connectivity index (χ2n) is 6.49. The van der Waals surface area contributed by atoms with Gasteiger partial charge in [0.05, 0.1) is 0 Å². The minimum Gasteiger partial charge on any atom is -0.329 e. The van der Waals surface area contributed by atoms with Crippen molar-refractivity contribution in [3.63, 3.8) is 0 Å². The van der Waals surface area contributed by atoms with Crippen molar-refractivity contribution in [2.75, 3.05) is 13.1 Å². The Hall–Kier alpha value is -0.860. The van der Waals surface area contributed by atoms with Gasteiger partial charge in [-0.3, -0.25) is 4.90 Å². The summed E-state index contributed by atoms with van der Waals surface area (Å²) in [5.74, 6) is 0.720. The molecule has 0 radical (unpaired) electrons. The van der Waals surface area contributed by atoms with Crippen LogP contribution in [0.4, 0.5) is 0 Å². The first-order valence-corrected chi connectivity index (χ1v) is 8.41. The van der Waals surface area contributed by atoms with E-state index in [1.807, 2.05) is 0 Å². The van der Waals surface area contributed by atoms with E-state index >= 15 is 0 Å². The molecule has 110 valence electrons. The molecule has 1 saturated heterocycles. The lowest BCUT2D eigenvalue weighted by Crippen LogP contribution is -2.52. The maximum atomic E-state index is 6.04. The van der Waals surface area contributed by atoms with Crippen LogP contribution >= 0.6 is 0 Å². The normalized spacial score (nSPS) is 32.1. The van der Waals surface area contributed by atoms with Crippen molar-refractivity contribution in [3.8, 4) is 0 Å². The van der Waals surface area contributed by atoms with Gasteiger partial charge in [-0.15, -0.1) is 0 Å². The van der Waals surface area contributed by atoms with Gasteiger partial charge in [-0.25, -0.2) is 0 Å². The first-order chi connectivity index (χ1) is 9.90. The predicted octanol–water partition coefficient (Wildman–Crippen LogP) is 3.53. The Balaban J connectivity index is 1.81. The fourth-order valence-electron chi connectivity index (χ4n) is 4.31. The van der Waals surface area contributed by atoms with Crippen molar-refractivity contribution in [2.24, 2.45) is 5.73 Å². The van der Waals surface area contributed by atoms with E-state index in [0.717, 1.165) is 18.5 Å². The molecule has 2 fully saturated rings. The van der Waals surface area contributed by atoms with E-state index in [9.17, 15) is 0 Å². The molecular formula is C18H28N2. The van der Waals surface area contributed by atoms with E-state index < -0.39 is 0 Å². The number of nitrogens with two attached hydrogens (primary N) is 1. The average molecular weight is 272 g/mol. The van der Waals surface area contributed by atoms with E-state index in [1.54, 1.807) is 5.56 Å². The summed E-state index contributed by atoms with van der Waals surface area (Å²) in [6.07, 6.45) is 9.50. The van der Waals surface area contributed by atoms with Crippen LogP contribution < -0.4 is 5.73 Å². The molecule has 2 N–H and O–H groups in total. The summed E-state index contributed by atoms with van der Waals surface area (Å²) in [6, 6.07) is 12.5. The molecule has 0 aromatic heterocycles. The van der Waals surface area contributed by atoms with Crippen molar-refractivity contribution in [1.82, 2.24) is 4.90 Å². The zero-order valence-corrected chi connectivity index (χ0v) is 12.5. The van der Waals surface area contributed by atoms with Crippen LogP contribution in [0.3, 0.4) is 0 Å². The SMILES string of the molecule is NCC1CCCCN1C1CCCCC1c1ccccc1. The highest BCUT2D eigenvalue weighted by Crippen LogP contribution is 2.38. The van der Waals surface area contributed by atoms with Gasteiger partial charge in [0.15, 0.2) is 0 Å². The van der Waals surface area contributed by atoms with Gasteiger partial charge in [-0.05, 0) is 43.7 Å². The van der Waals surface area contributed by atoms with Crippen LogP contribution in [0.5, 0.6) is 0 Å². The third-order valence-electron chi connectivity index (χ3n) is 5.33. The molecule has 1 aliphatic heterocycles. The standard InChI is InChI=1S/C18H28N2/c19-14-16-10-6-7-13-20(16)18-12-5-4-11-17(18)15-8-2-1-3-9-15/h1-3,8-9,16-18H,4-7,10-14,19H2. The van der Waals surface area contributed by atoms with Crippen LogP contribution in [0.15, 0.2) is 30.3 Å². The Bertz CT molecular complexity index is 403. The molecule has 0 spiro atoms. The van der Waals surface area contributed by atoms with Gasteiger partial charge in [-0.1, -0.05) is 49.6 Å². The third kappa shape index (κ3) is 2.91. The second kappa shape index (κ2) is 6.73. The largest absolute Gasteiger partial charge is 0.329 e. The van der Waals surface area contributed by atoms with Gasteiger partial charge in [-0.2, -0.15) is 0 Å². The highest BCUT2D eigenvalue weighted by molar-refractivity contribution is 5.22. The van der Waals surface area contributed by atoms with Gasteiger partial charge in [0.2, 0.25) is 0 Å². The van der Waals surface area contributed by atoms with Crippen LogP contribution in [0.1, 0.15) is 56.4 Å². The maximum absolute atomic E-state index is 6.04. The molecule has 0 amide bonds. The third-order valence-corrected chi connectivity index (χ3v) is 5.33. The lowest BCUT2D eigenvalue weighted by molar-refractivity contribution is 0.0635. The quantitative estimate of drug-likeness (QED) is 0.912. The van der Waals surface area contributed by atoms with Crippen molar-refractivity contribution < 1.29 is 0 Å². The van der Waals surface area contributed by atoms with E-state index in [0.29, 0.717) is 6.04 Å². The van der Waals surface area contributed by atoms with Crippen molar-refractivity contribution >= 4 is 0 Å². The molecule has 2 aliphatic rings. The maximum Gasteiger partial charge on any atom is 0.0221 e. The number of nitrogens with zero attached hydrogens (tertiary/aromatic N) is 1. The van der Waals surface area contributed by atoms with Crippen LogP contribution in [-0.2, 0) is 0 Å². The summed E-state index contributed by atoms with van der Waals surface area (Å²) in [5.41, 5.74) is 7.58. The van der Waals surface area contributed by atoms with Crippen LogP contribution in [0, 0.1) is 0 Å². The van der Waals surface area contributed by atoms with Crippen molar-refractivity contribution in [1.29, 1.82) is 0 Å². The Labute approximate surface area is 123 Å². The molecule has 3 rings (SSSR count). The molecule has 2 heteroatoms. The van der Waals surface area contributed by atoms with E-state index in [4.69, 9.17) is 5.73 Å². The first-order valence-electron chi connectivity index (χ1n) is 8.41. The minimum absolute atomic E-state index is 0.623. The zero-order chi connectivity index (χ0) is 13.8. The summed E-state index contributed by atoms with van der Waals surface area (Å²) in [5, 5.41) is 0. The number of hydrogen-bond donors (Lipinski definition) is 1. The van der Waals surface area contributed by atoms with Gasteiger partial charge < -0.3 is 5.73 Å². The average Bonchev–Trinajstić information content (AvgIpc) is 2.55. The molecule has 0 bridgehead atoms. The van der Waals surface area contributed by atoms with Gasteiger partial charge in [0.25, 0.3) is 0 Å². The summed E-state index contributed by atoms with van der Waals surface area (Å²) in [6.45, 7) is 2.09. The first kappa shape index (κ1) is 14.1. The fourth-order valence-corrected chi connectivity index (χ4v) is 4.31. The Morgan fingerprint density at radius 2 is 1.70 bits per heavy atom. The minimum atomic E-state index is 0.623. The van der Waals surface area contributed by atoms with E-state index in [2.05, 4.69) is 35.2 Å².